The lowest BCUT2D eigenvalue weighted by atomic mass is 9.90. The second kappa shape index (κ2) is 17.4. The molecule has 9 rings (SSSR count). The van der Waals surface area contributed by atoms with Gasteiger partial charge in [-0.15, -0.1) is 11.3 Å². The zero-order valence-electron chi connectivity index (χ0n) is 34.9. The number of aromatic nitrogens is 2. The number of sulfonamides is 1. The summed E-state index contributed by atoms with van der Waals surface area (Å²) in [6, 6.07) is 22.3. The third-order valence-corrected chi connectivity index (χ3v) is 15.9. The molecule has 0 radical (unpaired) electrons. The first kappa shape index (κ1) is 42.5. The third-order valence-electron chi connectivity index (χ3n) is 12.7. The Balaban J connectivity index is 1.07. The molecule has 2 aliphatic carbocycles. The average Bonchev–Trinajstić information content (AvgIpc) is 4.15. The van der Waals surface area contributed by atoms with Gasteiger partial charge in [0.25, 0.3) is 0 Å². The SMILES string of the molecule is CC(C)Oc1ccc(-c2nc(O[C@@H]3C[C@H]4C(=O)C[C@]5(C(=O)NS(=O)(=O)C6CC6)C[C@@H]5/C=C\CCCCC[C@H](Cc5ccc(Cl)cc5)C(=O)N4C3)c3sc4ccccc4c3n2)cc1. The number of nitrogens with one attached hydrogen (secondary N) is 1. The minimum Gasteiger partial charge on any atom is -0.491 e. The van der Waals surface area contributed by atoms with Crippen LogP contribution in [-0.4, -0.2) is 70.9 Å². The number of carbonyl (C=O) groups is 3. The molecule has 2 aromatic heterocycles. The quantitative estimate of drug-likeness (QED) is 0.136. The van der Waals surface area contributed by atoms with Crippen LogP contribution in [0.1, 0.15) is 83.6 Å². The van der Waals surface area contributed by atoms with Gasteiger partial charge in [0.2, 0.25) is 27.7 Å². The molecule has 1 saturated heterocycles. The van der Waals surface area contributed by atoms with Gasteiger partial charge in [-0.05, 0) is 113 Å². The zero-order valence-corrected chi connectivity index (χ0v) is 37.3. The lowest BCUT2D eigenvalue weighted by molar-refractivity contribution is -0.142. The largest absolute Gasteiger partial charge is 0.491 e. The van der Waals surface area contributed by atoms with E-state index in [0.29, 0.717) is 48.8 Å². The molecule has 14 heteroatoms. The van der Waals surface area contributed by atoms with Crippen molar-refractivity contribution in [1.82, 2.24) is 19.6 Å². The fourth-order valence-electron chi connectivity index (χ4n) is 9.11. The molecule has 2 aliphatic heterocycles. The number of halogens is 1. The summed E-state index contributed by atoms with van der Waals surface area (Å²) in [5.41, 5.74) is 1.28. The number of hydrogen-bond donors (Lipinski definition) is 1. The van der Waals surface area contributed by atoms with E-state index in [4.69, 9.17) is 31.0 Å². The molecule has 4 heterocycles. The predicted molar refractivity (Wildman–Crippen MR) is 242 cm³/mol. The van der Waals surface area contributed by atoms with Crippen LogP contribution in [0.3, 0.4) is 0 Å². The number of nitrogens with zero attached hydrogens (tertiary/aromatic N) is 3. The fraction of sp³-hybridized carbons (Fsp3) is 0.438. The molecular formula is C48H51ClN4O7S2. The van der Waals surface area contributed by atoms with Crippen molar-refractivity contribution in [2.45, 2.75) is 108 Å². The van der Waals surface area contributed by atoms with E-state index in [9.17, 15) is 18.0 Å². The van der Waals surface area contributed by atoms with E-state index >= 15 is 4.79 Å². The maximum atomic E-state index is 15.0. The molecular weight excluding hydrogens is 844 g/mol. The van der Waals surface area contributed by atoms with Crippen LogP contribution in [0.4, 0.5) is 0 Å². The number of carbonyl (C=O) groups excluding carboxylic acids is 3. The van der Waals surface area contributed by atoms with Crippen LogP contribution in [0, 0.1) is 17.3 Å². The summed E-state index contributed by atoms with van der Waals surface area (Å²) in [6.07, 6.45) is 9.38. The molecule has 324 valence electrons. The van der Waals surface area contributed by atoms with E-state index in [1.165, 1.54) is 11.3 Å². The fourth-order valence-corrected chi connectivity index (χ4v) is 11.7. The Morgan fingerprint density at radius 1 is 0.984 bits per heavy atom. The molecule has 2 saturated carbocycles. The Morgan fingerprint density at radius 2 is 1.76 bits per heavy atom. The Bertz CT molecular complexity index is 2650. The van der Waals surface area contributed by atoms with Crippen LogP contribution >= 0.6 is 22.9 Å². The number of Topliss-reactive ketones (excluding diaryl/α,β-unsaturated/α-hetero) is 1. The smallest absolute Gasteiger partial charge is 0.240 e. The van der Waals surface area contributed by atoms with Gasteiger partial charge in [0.05, 0.1) is 34.9 Å². The number of rotatable bonds is 10. The summed E-state index contributed by atoms with van der Waals surface area (Å²) in [6.45, 7) is 4.09. The standard InChI is InChI=1S/C48H51ClN4O7S2/c1-29(2)59-35-20-16-31(17-21-35)44-50-42-38-12-8-9-13-41(38)61-43(42)45(51-44)60-36-25-39-40(54)27-48(47(56)52-62(57,58)37-22-23-37)26-33(48)11-7-5-3-4-6-10-32(46(55)53(39)28-36)24-30-14-18-34(49)19-15-30/h7-9,11-21,29,32-33,36-37,39H,3-6,10,22-28H2,1-2H3,(H,52,56)/b11-7-/t32-,33+,36-,39+,48-/m1/s1. The minimum absolute atomic E-state index is 0.0198. The van der Waals surface area contributed by atoms with E-state index in [1.54, 1.807) is 4.90 Å². The number of fused-ring (bicyclic) bond motifs is 5. The van der Waals surface area contributed by atoms with Crippen molar-refractivity contribution in [2.75, 3.05) is 6.54 Å². The van der Waals surface area contributed by atoms with Gasteiger partial charge in [-0.1, -0.05) is 66.9 Å². The highest BCUT2D eigenvalue weighted by Gasteiger charge is 2.61. The van der Waals surface area contributed by atoms with Crippen LogP contribution in [0.25, 0.3) is 31.7 Å². The third kappa shape index (κ3) is 8.99. The van der Waals surface area contributed by atoms with E-state index < -0.39 is 44.7 Å². The van der Waals surface area contributed by atoms with Crippen molar-refractivity contribution in [2.24, 2.45) is 17.3 Å². The maximum absolute atomic E-state index is 15.0. The number of ether oxygens (including phenoxy) is 2. The minimum atomic E-state index is -3.84. The van der Waals surface area contributed by atoms with Crippen LogP contribution in [0.5, 0.6) is 11.6 Å². The first-order valence-electron chi connectivity index (χ1n) is 21.8. The second-order valence-corrected chi connectivity index (χ2v) is 21.1. The lowest BCUT2D eigenvalue weighted by Gasteiger charge is -2.29. The number of amides is 2. The van der Waals surface area contributed by atoms with Gasteiger partial charge in [0.15, 0.2) is 11.6 Å². The summed E-state index contributed by atoms with van der Waals surface area (Å²) in [7, 11) is -3.84. The van der Waals surface area contributed by atoms with E-state index in [2.05, 4.69) is 10.8 Å². The first-order chi connectivity index (χ1) is 29.9. The number of allylic oxidation sites excluding steroid dienone is 2. The van der Waals surface area contributed by atoms with Gasteiger partial charge in [0.1, 0.15) is 16.6 Å². The zero-order chi connectivity index (χ0) is 43.2. The Hall–Kier alpha value is -4.85. The molecule has 2 amide bonds. The summed E-state index contributed by atoms with van der Waals surface area (Å²) in [4.78, 5) is 55.6. The second-order valence-electron chi connectivity index (χ2n) is 17.7. The van der Waals surface area contributed by atoms with Crippen LogP contribution in [0.2, 0.25) is 5.02 Å². The molecule has 1 N–H and O–H groups in total. The van der Waals surface area contributed by atoms with Gasteiger partial charge in [0, 0.05) is 39.4 Å². The van der Waals surface area contributed by atoms with Crippen molar-refractivity contribution in [1.29, 1.82) is 0 Å². The molecule has 0 bridgehead atoms. The van der Waals surface area contributed by atoms with Gasteiger partial charge in [-0.3, -0.25) is 19.1 Å². The highest BCUT2D eigenvalue weighted by atomic mass is 35.5. The van der Waals surface area contributed by atoms with Gasteiger partial charge in [-0.2, -0.15) is 4.98 Å². The van der Waals surface area contributed by atoms with Crippen molar-refractivity contribution >= 4 is 70.9 Å². The van der Waals surface area contributed by atoms with Crippen molar-refractivity contribution in [3.8, 4) is 23.0 Å². The number of benzene rings is 3. The number of hydrogen-bond acceptors (Lipinski definition) is 10. The molecule has 3 aromatic carbocycles. The number of ketones is 1. The van der Waals surface area contributed by atoms with Gasteiger partial charge >= 0.3 is 0 Å². The molecule has 62 heavy (non-hydrogen) atoms. The van der Waals surface area contributed by atoms with Crippen LogP contribution in [-0.2, 0) is 30.8 Å². The summed E-state index contributed by atoms with van der Waals surface area (Å²) in [5.74, 6) is -0.180. The first-order valence-corrected chi connectivity index (χ1v) is 24.5. The maximum Gasteiger partial charge on any atom is 0.240 e. The molecule has 3 fully saturated rings. The highest BCUT2D eigenvalue weighted by Crippen LogP contribution is 2.57. The van der Waals surface area contributed by atoms with Crippen molar-refractivity contribution in [3.63, 3.8) is 0 Å². The molecule has 0 unspecified atom stereocenters. The highest BCUT2D eigenvalue weighted by molar-refractivity contribution is 7.90. The van der Waals surface area contributed by atoms with Crippen LogP contribution in [0.15, 0.2) is 84.9 Å². The van der Waals surface area contributed by atoms with Gasteiger partial charge < -0.3 is 14.4 Å². The van der Waals surface area contributed by atoms with Crippen molar-refractivity contribution < 1.29 is 32.3 Å². The molecule has 0 spiro atoms. The summed E-state index contributed by atoms with van der Waals surface area (Å²) in [5, 5.41) is 0.995. The Kier molecular flexibility index (Phi) is 11.9. The number of thiophene rings is 1. The predicted octanol–water partition coefficient (Wildman–Crippen LogP) is 9.25. The average molecular weight is 896 g/mol. The molecule has 4 aliphatic rings. The topological polar surface area (TPSA) is 145 Å². The van der Waals surface area contributed by atoms with Crippen molar-refractivity contribution in [3.05, 3.63) is 95.5 Å². The summed E-state index contributed by atoms with van der Waals surface area (Å²) < 4.78 is 43.0. The van der Waals surface area contributed by atoms with Crippen LogP contribution < -0.4 is 14.2 Å². The van der Waals surface area contributed by atoms with E-state index in [1.807, 2.05) is 92.7 Å². The normalized spacial score (nSPS) is 25.2. The molecule has 11 nitrogen and oxygen atoms in total. The van der Waals surface area contributed by atoms with E-state index in [0.717, 1.165) is 62.9 Å². The molecule has 5 atom stereocenters. The van der Waals surface area contributed by atoms with E-state index in [-0.39, 0.29) is 43.1 Å². The monoisotopic (exact) mass is 894 g/mol. The Labute approximate surface area is 371 Å². The lowest BCUT2D eigenvalue weighted by Crippen LogP contribution is -2.46. The van der Waals surface area contributed by atoms with Gasteiger partial charge in [-0.25, -0.2) is 13.4 Å². The molecule has 5 aromatic rings. The Morgan fingerprint density at radius 3 is 2.52 bits per heavy atom. The summed E-state index contributed by atoms with van der Waals surface area (Å²) >= 11 is 7.77.